The third-order valence-corrected chi connectivity index (χ3v) is 2.64. The minimum Gasteiger partial charge on any atom is -0.361 e. The molecule has 0 aliphatic carbocycles. The predicted molar refractivity (Wildman–Crippen MR) is 69.8 cm³/mol. The summed E-state index contributed by atoms with van der Waals surface area (Å²) in [6.45, 7) is 0. The van der Waals surface area contributed by atoms with E-state index in [2.05, 4.69) is 27.1 Å². The van der Waals surface area contributed by atoms with Gasteiger partial charge in [0.15, 0.2) is 0 Å². The average Bonchev–Trinajstić information content (AvgIpc) is 2.81. The van der Waals surface area contributed by atoms with Gasteiger partial charge in [-0.1, -0.05) is 18.2 Å². The number of aromatic nitrogens is 2. The molecule has 0 spiro atoms. The Bertz CT molecular complexity index is 653. The Balaban J connectivity index is 1.98. The van der Waals surface area contributed by atoms with Crippen LogP contribution in [0.2, 0.25) is 0 Å². The maximum absolute atomic E-state index is 4.41. The first-order valence-corrected chi connectivity index (χ1v) is 5.44. The number of benzene rings is 1. The summed E-state index contributed by atoms with van der Waals surface area (Å²) in [5, 5.41) is 1.19. The second-order valence-electron chi connectivity index (χ2n) is 3.75. The highest BCUT2D eigenvalue weighted by Gasteiger charge is 1.99. The van der Waals surface area contributed by atoms with E-state index in [1.807, 2.05) is 36.7 Å². The number of nitrogens with one attached hydrogen (secondary N) is 1. The van der Waals surface area contributed by atoms with Crippen molar-refractivity contribution in [1.29, 1.82) is 0 Å². The molecule has 1 N–H and O–H groups in total. The lowest BCUT2D eigenvalue weighted by molar-refractivity contribution is 1.32. The van der Waals surface area contributed by atoms with Crippen LogP contribution >= 0.6 is 0 Å². The SMILES string of the molecule is C(=Nc1ccncc1)c1c[nH]c2ccccc12. The van der Waals surface area contributed by atoms with Crippen LogP contribution in [0.1, 0.15) is 5.56 Å². The highest BCUT2D eigenvalue weighted by Crippen LogP contribution is 2.17. The van der Waals surface area contributed by atoms with Crippen LogP contribution in [-0.2, 0) is 0 Å². The molecule has 1 aromatic carbocycles. The van der Waals surface area contributed by atoms with Crippen molar-refractivity contribution in [2.24, 2.45) is 4.99 Å². The molecule has 0 atom stereocenters. The van der Waals surface area contributed by atoms with E-state index in [1.54, 1.807) is 12.4 Å². The molecule has 3 rings (SSSR count). The Morgan fingerprint density at radius 3 is 2.76 bits per heavy atom. The van der Waals surface area contributed by atoms with Gasteiger partial charge in [0, 0.05) is 41.3 Å². The Morgan fingerprint density at radius 2 is 1.88 bits per heavy atom. The number of hydrogen-bond donors (Lipinski definition) is 1. The molecule has 3 heteroatoms. The molecule has 0 fully saturated rings. The van der Waals surface area contributed by atoms with E-state index in [0.717, 1.165) is 16.8 Å². The molecule has 0 unspecified atom stereocenters. The summed E-state index contributed by atoms with van der Waals surface area (Å²) in [6, 6.07) is 11.9. The van der Waals surface area contributed by atoms with Crippen molar-refractivity contribution in [1.82, 2.24) is 9.97 Å². The Hall–Kier alpha value is -2.42. The Kier molecular flexibility index (Phi) is 2.43. The number of H-pyrrole nitrogens is 1. The van der Waals surface area contributed by atoms with Crippen LogP contribution in [-0.4, -0.2) is 16.2 Å². The number of rotatable bonds is 2. The third kappa shape index (κ3) is 1.95. The van der Waals surface area contributed by atoms with E-state index in [4.69, 9.17) is 0 Å². The van der Waals surface area contributed by atoms with E-state index in [1.165, 1.54) is 5.39 Å². The van der Waals surface area contributed by atoms with Crippen LogP contribution in [0.25, 0.3) is 10.9 Å². The quantitative estimate of drug-likeness (QED) is 0.662. The van der Waals surface area contributed by atoms with Gasteiger partial charge in [0.1, 0.15) is 0 Å². The minimum atomic E-state index is 0.908. The number of fused-ring (bicyclic) bond motifs is 1. The molecule has 0 radical (unpaired) electrons. The first-order valence-electron chi connectivity index (χ1n) is 5.44. The van der Waals surface area contributed by atoms with Gasteiger partial charge in [-0.3, -0.25) is 9.98 Å². The molecular formula is C14H11N3. The topological polar surface area (TPSA) is 41.0 Å². The number of aromatic amines is 1. The van der Waals surface area contributed by atoms with Gasteiger partial charge in [0.05, 0.1) is 5.69 Å². The zero-order chi connectivity index (χ0) is 11.5. The van der Waals surface area contributed by atoms with Crippen LogP contribution in [0.5, 0.6) is 0 Å². The van der Waals surface area contributed by atoms with Gasteiger partial charge in [-0.25, -0.2) is 0 Å². The summed E-state index contributed by atoms with van der Waals surface area (Å²) < 4.78 is 0. The minimum absolute atomic E-state index is 0.908. The molecule has 3 aromatic rings. The fourth-order valence-corrected chi connectivity index (χ4v) is 1.77. The Labute approximate surface area is 98.9 Å². The lowest BCUT2D eigenvalue weighted by Crippen LogP contribution is -1.77. The van der Waals surface area contributed by atoms with Crippen LogP contribution in [0.15, 0.2) is 60.0 Å². The van der Waals surface area contributed by atoms with Gasteiger partial charge in [0.2, 0.25) is 0 Å². The van der Waals surface area contributed by atoms with E-state index >= 15 is 0 Å². The molecule has 3 nitrogen and oxygen atoms in total. The summed E-state index contributed by atoms with van der Waals surface area (Å²) in [7, 11) is 0. The van der Waals surface area contributed by atoms with Gasteiger partial charge >= 0.3 is 0 Å². The lowest BCUT2D eigenvalue weighted by Gasteiger charge is -1.92. The van der Waals surface area contributed by atoms with Crippen LogP contribution in [0.4, 0.5) is 5.69 Å². The largest absolute Gasteiger partial charge is 0.361 e. The highest BCUT2D eigenvalue weighted by atomic mass is 14.7. The van der Waals surface area contributed by atoms with Gasteiger partial charge in [-0.15, -0.1) is 0 Å². The van der Waals surface area contributed by atoms with Gasteiger partial charge in [-0.2, -0.15) is 0 Å². The third-order valence-electron chi connectivity index (χ3n) is 2.64. The highest BCUT2D eigenvalue weighted by molar-refractivity contribution is 5.99. The van der Waals surface area contributed by atoms with Crippen molar-refractivity contribution in [2.75, 3.05) is 0 Å². The van der Waals surface area contributed by atoms with Crippen molar-refractivity contribution in [3.05, 3.63) is 60.6 Å². The molecule has 0 saturated heterocycles. The first kappa shape index (κ1) is 9.78. The molecule has 0 saturated carbocycles. The normalized spacial score (nSPS) is 11.3. The zero-order valence-electron chi connectivity index (χ0n) is 9.17. The molecule has 0 bridgehead atoms. The second kappa shape index (κ2) is 4.22. The van der Waals surface area contributed by atoms with E-state index < -0.39 is 0 Å². The molecule has 0 amide bonds. The average molecular weight is 221 g/mol. The van der Waals surface area contributed by atoms with Crippen LogP contribution in [0, 0.1) is 0 Å². The summed E-state index contributed by atoms with van der Waals surface area (Å²) in [5.41, 5.74) is 3.13. The van der Waals surface area contributed by atoms with E-state index in [-0.39, 0.29) is 0 Å². The summed E-state index contributed by atoms with van der Waals surface area (Å²) in [6.07, 6.45) is 7.31. The molecule has 2 heterocycles. The summed E-state index contributed by atoms with van der Waals surface area (Å²) >= 11 is 0. The fraction of sp³-hybridized carbons (Fsp3) is 0. The zero-order valence-corrected chi connectivity index (χ0v) is 9.17. The molecule has 0 aliphatic rings. The molecule has 17 heavy (non-hydrogen) atoms. The van der Waals surface area contributed by atoms with E-state index in [9.17, 15) is 0 Å². The predicted octanol–water partition coefficient (Wildman–Crippen LogP) is 3.31. The summed E-state index contributed by atoms with van der Waals surface area (Å²) in [4.78, 5) is 11.6. The maximum atomic E-state index is 4.41. The summed E-state index contributed by atoms with van der Waals surface area (Å²) in [5.74, 6) is 0. The number of nitrogens with zero attached hydrogens (tertiary/aromatic N) is 2. The van der Waals surface area contributed by atoms with Gasteiger partial charge in [-0.05, 0) is 18.2 Å². The lowest BCUT2D eigenvalue weighted by atomic mass is 10.2. The first-order chi connectivity index (χ1) is 8.43. The van der Waals surface area contributed by atoms with Crippen LogP contribution < -0.4 is 0 Å². The number of aliphatic imine (C=N–C) groups is 1. The maximum Gasteiger partial charge on any atom is 0.0660 e. The van der Waals surface area contributed by atoms with Crippen molar-refractivity contribution < 1.29 is 0 Å². The molecular weight excluding hydrogens is 210 g/mol. The fourth-order valence-electron chi connectivity index (χ4n) is 1.77. The number of pyridine rings is 1. The van der Waals surface area contributed by atoms with Crippen molar-refractivity contribution in [2.45, 2.75) is 0 Å². The Morgan fingerprint density at radius 1 is 1.06 bits per heavy atom. The number of hydrogen-bond acceptors (Lipinski definition) is 2. The monoisotopic (exact) mass is 221 g/mol. The van der Waals surface area contributed by atoms with Gasteiger partial charge < -0.3 is 4.98 Å². The molecule has 2 aromatic heterocycles. The molecule has 82 valence electrons. The van der Waals surface area contributed by atoms with Crippen molar-refractivity contribution in [3.8, 4) is 0 Å². The van der Waals surface area contributed by atoms with Gasteiger partial charge in [0.25, 0.3) is 0 Å². The molecule has 0 aliphatic heterocycles. The second-order valence-corrected chi connectivity index (χ2v) is 3.75. The van der Waals surface area contributed by atoms with Crippen molar-refractivity contribution >= 4 is 22.8 Å². The van der Waals surface area contributed by atoms with E-state index in [0.29, 0.717) is 0 Å². The van der Waals surface area contributed by atoms with Crippen molar-refractivity contribution in [3.63, 3.8) is 0 Å². The van der Waals surface area contributed by atoms with Crippen LogP contribution in [0.3, 0.4) is 0 Å². The smallest absolute Gasteiger partial charge is 0.0660 e. The number of para-hydroxylation sites is 1. The standard InChI is InChI=1S/C14H11N3/c1-2-4-14-13(3-1)11(10-17-14)9-16-12-5-7-15-8-6-12/h1-10,17H.